The minimum atomic E-state index is 0.355. The van der Waals surface area contributed by atoms with Gasteiger partial charge in [0.15, 0.2) is 0 Å². The van der Waals surface area contributed by atoms with E-state index in [0.29, 0.717) is 11.5 Å². The highest BCUT2D eigenvalue weighted by atomic mass is 15.0. The maximum Gasteiger partial charge on any atom is 0.137 e. The average molecular weight is 587 g/mol. The Balaban J connectivity index is 1.39. The number of aromatic nitrogens is 2. The Morgan fingerprint density at radius 3 is 1.89 bits per heavy atom. The van der Waals surface area contributed by atoms with E-state index in [4.69, 9.17) is 5.41 Å². The van der Waals surface area contributed by atoms with Gasteiger partial charge in [-0.3, -0.25) is 15.4 Å². The van der Waals surface area contributed by atoms with E-state index in [-0.39, 0.29) is 0 Å². The Labute approximate surface area is 263 Å². The zero-order valence-electron chi connectivity index (χ0n) is 24.8. The van der Waals surface area contributed by atoms with Crippen LogP contribution in [0.3, 0.4) is 0 Å². The smallest absolute Gasteiger partial charge is 0.137 e. The van der Waals surface area contributed by atoms with Crippen molar-refractivity contribution in [2.24, 2.45) is 0 Å². The van der Waals surface area contributed by atoms with E-state index >= 15 is 0 Å². The molecular formula is C42H26N4. The van der Waals surface area contributed by atoms with Crippen molar-refractivity contribution in [3.8, 4) is 0 Å². The third-order valence-electron chi connectivity index (χ3n) is 9.73. The van der Waals surface area contributed by atoms with E-state index in [0.717, 1.165) is 38.5 Å². The van der Waals surface area contributed by atoms with E-state index in [2.05, 4.69) is 100.0 Å². The lowest BCUT2D eigenvalue weighted by atomic mass is 9.96. The molecule has 4 nitrogen and oxygen atoms in total. The molecule has 0 spiro atoms. The lowest BCUT2D eigenvalue weighted by molar-refractivity contribution is 1.22. The van der Waals surface area contributed by atoms with Crippen LogP contribution >= 0.6 is 0 Å². The summed E-state index contributed by atoms with van der Waals surface area (Å²) in [4.78, 5) is 0. The molecule has 3 aromatic heterocycles. The molecule has 2 N–H and O–H groups in total. The molecule has 0 saturated heterocycles. The van der Waals surface area contributed by atoms with Gasteiger partial charge in [-0.15, -0.1) is 0 Å². The summed E-state index contributed by atoms with van der Waals surface area (Å²) in [5.74, 6) is 0.355. The molecule has 0 bridgehead atoms. The molecule has 0 unspecified atom stereocenters. The summed E-state index contributed by atoms with van der Waals surface area (Å²) >= 11 is 0. The monoisotopic (exact) mass is 586 g/mol. The van der Waals surface area contributed by atoms with Crippen LogP contribution in [-0.4, -0.2) is 20.5 Å². The molecule has 10 aromatic rings. The predicted octanol–water partition coefficient (Wildman–Crippen LogP) is 10.4. The molecular weight excluding hydrogens is 560 g/mol. The van der Waals surface area contributed by atoms with Crippen LogP contribution in [0.1, 0.15) is 16.7 Å². The van der Waals surface area contributed by atoms with E-state index in [1.807, 2.05) is 54.6 Å². The van der Waals surface area contributed by atoms with Crippen LogP contribution in [0.4, 0.5) is 0 Å². The highest BCUT2D eigenvalue weighted by Crippen LogP contribution is 2.47. The number of hydrogen-bond acceptors (Lipinski definition) is 2. The number of para-hydroxylation sites is 2. The number of rotatable bonds is 3. The number of fused-ring (bicyclic) bond motifs is 12. The predicted molar refractivity (Wildman–Crippen MR) is 193 cm³/mol. The van der Waals surface area contributed by atoms with Crippen LogP contribution in [0.5, 0.6) is 0 Å². The summed E-state index contributed by atoms with van der Waals surface area (Å²) in [6.45, 7) is 0. The third kappa shape index (κ3) is 3.17. The van der Waals surface area contributed by atoms with Gasteiger partial charge in [0.1, 0.15) is 5.84 Å². The molecule has 0 radical (unpaired) electrons. The van der Waals surface area contributed by atoms with Crippen LogP contribution in [0.25, 0.3) is 70.7 Å². The van der Waals surface area contributed by atoms with Gasteiger partial charge in [0.05, 0.1) is 33.3 Å². The van der Waals surface area contributed by atoms with Gasteiger partial charge >= 0.3 is 0 Å². The molecule has 214 valence electrons. The van der Waals surface area contributed by atoms with Crippen molar-refractivity contribution < 1.29 is 0 Å². The topological polar surface area (TPSA) is 57.0 Å². The lowest BCUT2D eigenvalue weighted by Gasteiger charge is -2.15. The van der Waals surface area contributed by atoms with E-state index in [1.165, 1.54) is 48.9 Å². The van der Waals surface area contributed by atoms with Gasteiger partial charge in [-0.1, -0.05) is 121 Å². The van der Waals surface area contributed by atoms with E-state index in [9.17, 15) is 5.41 Å². The summed E-state index contributed by atoms with van der Waals surface area (Å²) in [6, 6.07) is 50.2. The van der Waals surface area contributed by atoms with E-state index < -0.39 is 0 Å². The van der Waals surface area contributed by atoms with Crippen LogP contribution < -0.4 is 0 Å². The third-order valence-corrected chi connectivity index (χ3v) is 9.73. The molecule has 0 aliphatic rings. The summed E-state index contributed by atoms with van der Waals surface area (Å²) < 4.78 is 4.54. The van der Waals surface area contributed by atoms with Gasteiger partial charge in [-0.25, -0.2) is 0 Å². The van der Waals surface area contributed by atoms with Crippen molar-refractivity contribution in [3.63, 3.8) is 0 Å². The first-order valence-electron chi connectivity index (χ1n) is 15.5. The van der Waals surface area contributed by atoms with Crippen molar-refractivity contribution >= 4 is 82.2 Å². The number of nitrogens with one attached hydrogen (secondary N) is 2. The minimum absolute atomic E-state index is 0.355. The molecule has 4 heteroatoms. The Hall–Kier alpha value is -6.26. The number of hydrogen-bond donors (Lipinski definition) is 2. The first-order chi connectivity index (χ1) is 22.7. The normalized spacial score (nSPS) is 12.1. The fourth-order valence-electron chi connectivity index (χ4n) is 7.80. The zero-order valence-corrected chi connectivity index (χ0v) is 24.8. The van der Waals surface area contributed by atoms with Crippen molar-refractivity contribution in [2.75, 3.05) is 0 Å². The number of benzene rings is 7. The van der Waals surface area contributed by atoms with Crippen molar-refractivity contribution in [1.29, 1.82) is 10.8 Å². The maximum absolute atomic E-state index is 9.86. The van der Waals surface area contributed by atoms with Gasteiger partial charge in [0, 0.05) is 49.0 Å². The largest absolute Gasteiger partial charge is 0.308 e. The summed E-state index contributed by atoms with van der Waals surface area (Å²) in [5.41, 5.74) is 8.29. The minimum Gasteiger partial charge on any atom is -0.308 e. The second kappa shape index (κ2) is 9.13. The van der Waals surface area contributed by atoms with E-state index in [1.54, 1.807) is 0 Å². The molecule has 0 saturated carbocycles. The Bertz CT molecular complexity index is 2890. The molecule has 0 atom stereocenters. The summed E-state index contributed by atoms with van der Waals surface area (Å²) in [7, 11) is 0. The summed E-state index contributed by atoms with van der Waals surface area (Å²) in [6.07, 6.45) is 0. The molecule has 0 aliphatic carbocycles. The lowest BCUT2D eigenvalue weighted by Crippen LogP contribution is -2.16. The average Bonchev–Trinajstić information content (AvgIpc) is 3.76. The Morgan fingerprint density at radius 2 is 1.07 bits per heavy atom. The molecule has 3 heterocycles. The Kier molecular flexibility index (Phi) is 4.98. The molecule has 10 rings (SSSR count). The maximum atomic E-state index is 9.86. The van der Waals surface area contributed by atoms with Crippen molar-refractivity contribution in [3.05, 3.63) is 162 Å². The quantitative estimate of drug-likeness (QED) is 0.153. The van der Waals surface area contributed by atoms with Crippen LogP contribution in [0, 0.1) is 10.8 Å². The summed E-state index contributed by atoms with van der Waals surface area (Å²) in [5, 5.41) is 28.6. The van der Waals surface area contributed by atoms with Crippen LogP contribution in [-0.2, 0) is 0 Å². The Morgan fingerprint density at radius 1 is 0.435 bits per heavy atom. The highest BCUT2D eigenvalue weighted by molar-refractivity contribution is 6.39. The van der Waals surface area contributed by atoms with Gasteiger partial charge < -0.3 is 4.40 Å². The zero-order chi connectivity index (χ0) is 30.5. The molecule has 0 amide bonds. The fraction of sp³-hybridized carbons (Fsp3) is 0. The highest BCUT2D eigenvalue weighted by Gasteiger charge is 2.26. The number of nitrogens with zero attached hydrogens (tertiary/aromatic N) is 2. The molecule has 0 aliphatic heterocycles. The van der Waals surface area contributed by atoms with Gasteiger partial charge in [-0.05, 0) is 35.0 Å². The van der Waals surface area contributed by atoms with Gasteiger partial charge in [-0.2, -0.15) is 0 Å². The van der Waals surface area contributed by atoms with Crippen LogP contribution in [0.2, 0.25) is 0 Å². The molecule has 46 heavy (non-hydrogen) atoms. The second-order valence-electron chi connectivity index (χ2n) is 12.1. The van der Waals surface area contributed by atoms with Gasteiger partial charge in [0.2, 0.25) is 0 Å². The SMILES string of the molecule is N=C(c1ccccc1)c1ccccc1C(=N)n1c2ccccc2c2c3c4c5ccccc5ccc4n4c5ccccc5c(cc21)c34. The van der Waals surface area contributed by atoms with Crippen LogP contribution in [0.15, 0.2) is 146 Å². The van der Waals surface area contributed by atoms with Gasteiger partial charge in [0.25, 0.3) is 0 Å². The van der Waals surface area contributed by atoms with Crippen molar-refractivity contribution in [2.45, 2.75) is 0 Å². The standard InChI is InChI=1S/C42H26N4/c43-40(26-13-2-1-3-14-26)29-17-6-7-18-30(29)42(44)46-34-21-11-9-19-31(34)38-36(46)24-32-28-16-8-10-20-33(28)45-35-23-22-25-12-4-5-15-27(25)37(35)39(38)41(32)45/h1-24,43-44H. The second-order valence-corrected chi connectivity index (χ2v) is 12.1. The molecule has 0 fully saturated rings. The first kappa shape index (κ1) is 25.1. The molecule has 7 aromatic carbocycles. The first-order valence-corrected chi connectivity index (χ1v) is 15.5. The fourth-order valence-corrected chi connectivity index (χ4v) is 7.80. The van der Waals surface area contributed by atoms with Crippen molar-refractivity contribution in [1.82, 2.24) is 8.97 Å².